The Labute approximate surface area is 189 Å². The fourth-order valence-electron chi connectivity index (χ4n) is 2.83. The molecule has 1 aromatic carbocycles. The van der Waals surface area contributed by atoms with Crippen LogP contribution < -0.4 is 11.1 Å². The molecule has 0 amide bonds. The number of nitrogens with one attached hydrogen (secondary N) is 2. The third-order valence-electron chi connectivity index (χ3n) is 3.97. The number of aromatic amines is 2. The minimum absolute atomic E-state index is 0. The van der Waals surface area contributed by atoms with Crippen molar-refractivity contribution in [3.05, 3.63) is 78.6 Å². The predicted molar refractivity (Wildman–Crippen MR) is 118 cm³/mol. The molecule has 0 aliphatic heterocycles. The summed E-state index contributed by atoms with van der Waals surface area (Å²) in [7, 11) is 0. The fourth-order valence-corrected chi connectivity index (χ4v) is 2.83. The summed E-state index contributed by atoms with van der Waals surface area (Å²) in [6.45, 7) is -0.206. The zero-order chi connectivity index (χ0) is 20.3. The average molecular weight is 547 g/mol. The van der Waals surface area contributed by atoms with E-state index in [9.17, 15) is 29.6 Å². The molecule has 2 heterocycles. The molecule has 3 rings (SSSR count). The number of aromatic nitrogens is 3. The van der Waals surface area contributed by atoms with Gasteiger partial charge in [0.2, 0.25) is 0 Å². The molecule has 2 aromatic heterocycles. The molecule has 0 aliphatic rings. The van der Waals surface area contributed by atoms with Gasteiger partial charge in [-0.3, -0.25) is 34.4 Å². The van der Waals surface area contributed by atoms with Crippen LogP contribution in [0.3, 0.4) is 0 Å². The number of benzene rings is 1. The van der Waals surface area contributed by atoms with Crippen molar-refractivity contribution in [2.45, 2.75) is 13.1 Å². The summed E-state index contributed by atoms with van der Waals surface area (Å²) >= 11 is 0. The number of hydrogen-bond donors (Lipinski definition) is 3. The summed E-state index contributed by atoms with van der Waals surface area (Å²) in [4.78, 5) is 55.5. The summed E-state index contributed by atoms with van der Waals surface area (Å²) < 4.78 is 0. The van der Waals surface area contributed by atoms with E-state index < -0.39 is 22.0 Å². The second-order valence-electron chi connectivity index (χ2n) is 6.05. The van der Waals surface area contributed by atoms with Crippen LogP contribution in [0, 0.1) is 10.1 Å². The molecule has 160 valence electrons. The maximum absolute atomic E-state index is 11.7. The highest BCUT2D eigenvalue weighted by Gasteiger charge is 2.18. The fraction of sp³-hybridized carbons (Fsp3) is 0.176. The van der Waals surface area contributed by atoms with Crippen LogP contribution in [0.15, 0.2) is 46.1 Å². The summed E-state index contributed by atoms with van der Waals surface area (Å²) in [5.41, 5.74) is -0.936. The Morgan fingerprint density at radius 2 is 1.83 bits per heavy atom. The van der Waals surface area contributed by atoms with Crippen LogP contribution >= 0.6 is 34.0 Å². The van der Waals surface area contributed by atoms with Crippen molar-refractivity contribution in [1.82, 2.24) is 19.9 Å². The number of carbonyl (C=O) groups is 1. The molecule has 0 spiro atoms. The molecule has 13 heteroatoms. The number of nitro benzene ring substituents is 1. The number of carboxylic acid groups (broad SMARTS) is 1. The second kappa shape index (κ2) is 10.8. The van der Waals surface area contributed by atoms with Gasteiger partial charge in [-0.05, 0) is 17.7 Å². The summed E-state index contributed by atoms with van der Waals surface area (Å²) in [6.07, 6.45) is 1.57. The molecular weight excluding hydrogens is 530 g/mol. The van der Waals surface area contributed by atoms with E-state index in [1.165, 1.54) is 11.0 Å². The Hall–Kier alpha value is -2.90. The summed E-state index contributed by atoms with van der Waals surface area (Å²) in [6, 6.07) is 7.58. The number of carboxylic acids is 1. The van der Waals surface area contributed by atoms with E-state index >= 15 is 0 Å². The van der Waals surface area contributed by atoms with Crippen LogP contribution in [-0.2, 0) is 17.9 Å². The van der Waals surface area contributed by atoms with Crippen LogP contribution in [0.25, 0.3) is 11.0 Å². The number of non-ortho nitro benzene ring substituents is 1. The largest absolute Gasteiger partial charge is 0.480 e. The van der Waals surface area contributed by atoms with Crippen molar-refractivity contribution < 1.29 is 14.8 Å². The molecule has 3 N–H and O–H groups in total. The van der Waals surface area contributed by atoms with Crippen LogP contribution in [0.5, 0.6) is 0 Å². The Morgan fingerprint density at radius 1 is 1.13 bits per heavy atom. The van der Waals surface area contributed by atoms with Gasteiger partial charge in [0.05, 0.1) is 28.2 Å². The van der Waals surface area contributed by atoms with Crippen molar-refractivity contribution in [2.24, 2.45) is 0 Å². The number of nitro groups is 1. The van der Waals surface area contributed by atoms with Crippen molar-refractivity contribution in [1.29, 1.82) is 0 Å². The molecule has 0 bridgehead atoms. The Bertz CT molecular complexity index is 1160. The Balaban J connectivity index is 0.00000225. The van der Waals surface area contributed by atoms with Gasteiger partial charge in [0.1, 0.15) is 0 Å². The number of pyridine rings is 1. The lowest BCUT2D eigenvalue weighted by molar-refractivity contribution is -0.384. The number of rotatable bonds is 7. The number of fused-ring (bicyclic) bond motifs is 1. The van der Waals surface area contributed by atoms with Crippen LogP contribution in [-0.4, -0.2) is 42.4 Å². The maximum Gasteiger partial charge on any atom is 0.317 e. The Kier molecular flexibility index (Phi) is 9.01. The van der Waals surface area contributed by atoms with Gasteiger partial charge in [0.15, 0.2) is 0 Å². The lowest BCUT2D eigenvalue weighted by Crippen LogP contribution is -2.31. The van der Waals surface area contributed by atoms with E-state index in [1.807, 2.05) is 0 Å². The first kappa shape index (κ1) is 25.1. The van der Waals surface area contributed by atoms with Crippen molar-refractivity contribution in [3.8, 4) is 0 Å². The number of H-pyrrole nitrogens is 2. The highest BCUT2D eigenvalue weighted by Crippen LogP contribution is 2.23. The molecule has 0 unspecified atom stereocenters. The molecule has 0 aliphatic carbocycles. The molecule has 0 fully saturated rings. The molecule has 30 heavy (non-hydrogen) atoms. The van der Waals surface area contributed by atoms with Gasteiger partial charge in [-0.15, -0.1) is 34.0 Å². The first-order valence-electron chi connectivity index (χ1n) is 8.11. The lowest BCUT2D eigenvalue weighted by atomic mass is 10.1. The highest BCUT2D eigenvalue weighted by molar-refractivity contribution is 8.93. The lowest BCUT2D eigenvalue weighted by Gasteiger charge is -2.20. The van der Waals surface area contributed by atoms with E-state index in [1.54, 1.807) is 24.4 Å². The molecule has 0 saturated carbocycles. The van der Waals surface area contributed by atoms with Gasteiger partial charge >= 0.3 is 17.1 Å². The molecule has 0 saturated heterocycles. The molecule has 3 aromatic rings. The topological polar surface area (TPSA) is 162 Å². The average Bonchev–Trinajstić information content (AvgIpc) is 2.63. The molecule has 11 nitrogen and oxygen atoms in total. The van der Waals surface area contributed by atoms with Crippen molar-refractivity contribution in [3.63, 3.8) is 0 Å². The van der Waals surface area contributed by atoms with Gasteiger partial charge in [0, 0.05) is 31.4 Å². The Morgan fingerprint density at radius 3 is 2.43 bits per heavy atom. The van der Waals surface area contributed by atoms with Gasteiger partial charge in [0.25, 0.3) is 5.69 Å². The van der Waals surface area contributed by atoms with E-state index in [0.29, 0.717) is 11.3 Å². The van der Waals surface area contributed by atoms with Crippen LogP contribution in [0.2, 0.25) is 0 Å². The quantitative estimate of drug-likeness (QED) is 0.229. The zero-order valence-corrected chi connectivity index (χ0v) is 18.7. The first-order chi connectivity index (χ1) is 13.3. The van der Waals surface area contributed by atoms with E-state index in [-0.39, 0.29) is 70.3 Å². The number of hydrogen-bond acceptors (Lipinski definition) is 7. The van der Waals surface area contributed by atoms with E-state index in [4.69, 9.17) is 0 Å². The molecular formula is C17H17Br2N5O6. The van der Waals surface area contributed by atoms with Gasteiger partial charge in [-0.2, -0.15) is 0 Å². The SMILES string of the molecule is Br.Br.O=C(O)CN(Cc1ccccn1)Cc1cc([N+](=O)[O-])cc2[nH]c(=O)c(=O)[nH]c12. The van der Waals surface area contributed by atoms with Gasteiger partial charge in [-0.1, -0.05) is 6.07 Å². The third-order valence-corrected chi connectivity index (χ3v) is 3.97. The normalized spacial score (nSPS) is 10.3. The van der Waals surface area contributed by atoms with Crippen LogP contribution in [0.1, 0.15) is 11.3 Å². The minimum atomic E-state index is -1.09. The zero-order valence-electron chi connectivity index (χ0n) is 15.2. The number of nitrogens with zero attached hydrogens (tertiary/aromatic N) is 3. The maximum atomic E-state index is 11.7. The minimum Gasteiger partial charge on any atom is -0.480 e. The van der Waals surface area contributed by atoms with Crippen molar-refractivity contribution in [2.75, 3.05) is 6.54 Å². The van der Waals surface area contributed by atoms with E-state index in [2.05, 4.69) is 15.0 Å². The summed E-state index contributed by atoms with van der Waals surface area (Å²) in [5.74, 6) is -1.09. The summed E-state index contributed by atoms with van der Waals surface area (Å²) in [5, 5.41) is 20.4. The second-order valence-corrected chi connectivity index (χ2v) is 6.05. The number of halogens is 2. The highest BCUT2D eigenvalue weighted by atomic mass is 79.9. The smallest absolute Gasteiger partial charge is 0.317 e. The van der Waals surface area contributed by atoms with Gasteiger partial charge in [-0.25, -0.2) is 0 Å². The standard InChI is InChI=1S/C17H15N5O6.2BrH/c23-14(24)9-21(8-11-3-1-2-4-18-11)7-10-5-12(22(27)28)6-13-15(10)20-17(26)16(25)19-13;;/h1-6H,7-9H2,(H,19,25)(H,20,26)(H,23,24);2*1H. The van der Waals surface area contributed by atoms with Crippen molar-refractivity contribution >= 4 is 56.7 Å². The van der Waals surface area contributed by atoms with E-state index in [0.717, 1.165) is 6.07 Å². The number of aliphatic carboxylic acids is 1. The molecule has 0 radical (unpaired) electrons. The first-order valence-corrected chi connectivity index (χ1v) is 8.11. The van der Waals surface area contributed by atoms with Crippen LogP contribution in [0.4, 0.5) is 5.69 Å². The third kappa shape index (κ3) is 6.05. The van der Waals surface area contributed by atoms with Gasteiger partial charge < -0.3 is 15.1 Å². The monoisotopic (exact) mass is 545 g/mol. The predicted octanol–water partition coefficient (Wildman–Crippen LogP) is 1.76. The molecule has 0 atom stereocenters.